The van der Waals surface area contributed by atoms with Crippen molar-refractivity contribution in [3.63, 3.8) is 0 Å². The van der Waals surface area contributed by atoms with Crippen LogP contribution in [-0.2, 0) is 11.3 Å². The van der Waals surface area contributed by atoms with Gasteiger partial charge in [0.25, 0.3) is 5.91 Å². The molecule has 0 saturated heterocycles. The van der Waals surface area contributed by atoms with Crippen molar-refractivity contribution in [3.05, 3.63) is 66.1 Å². The second-order valence-electron chi connectivity index (χ2n) is 7.47. The Morgan fingerprint density at radius 3 is 2.69 bits per heavy atom. The first-order valence-electron chi connectivity index (χ1n) is 10.1. The largest absolute Gasteiger partial charge is 0.484 e. The molecule has 3 aromatic rings. The van der Waals surface area contributed by atoms with Gasteiger partial charge in [-0.25, -0.2) is 0 Å². The zero-order valence-corrected chi connectivity index (χ0v) is 16.7. The first-order valence-corrected chi connectivity index (χ1v) is 10.1. The van der Waals surface area contributed by atoms with Gasteiger partial charge in [-0.3, -0.25) is 14.5 Å². The maximum atomic E-state index is 12.2. The first-order chi connectivity index (χ1) is 14.2. The predicted octanol–water partition coefficient (Wildman–Crippen LogP) is 4.06. The molecule has 1 amide bonds. The monoisotopic (exact) mass is 390 g/mol. The van der Waals surface area contributed by atoms with Gasteiger partial charge in [0.1, 0.15) is 5.75 Å². The molecular formula is C23H26N4O2. The van der Waals surface area contributed by atoms with Gasteiger partial charge in [-0.15, -0.1) is 0 Å². The van der Waals surface area contributed by atoms with E-state index in [4.69, 9.17) is 9.84 Å². The molecule has 6 nitrogen and oxygen atoms in total. The quantitative estimate of drug-likeness (QED) is 0.660. The van der Waals surface area contributed by atoms with Crippen molar-refractivity contribution >= 4 is 5.91 Å². The van der Waals surface area contributed by atoms with Crippen LogP contribution in [0, 0.1) is 6.92 Å². The predicted molar refractivity (Wildman–Crippen MR) is 111 cm³/mol. The highest BCUT2D eigenvalue weighted by Crippen LogP contribution is 2.33. The molecule has 1 fully saturated rings. The van der Waals surface area contributed by atoms with Gasteiger partial charge in [0, 0.05) is 18.0 Å². The summed E-state index contributed by atoms with van der Waals surface area (Å²) >= 11 is 0. The summed E-state index contributed by atoms with van der Waals surface area (Å²) in [6, 6.07) is 14.2. The number of hydrogen-bond acceptors (Lipinski definition) is 4. The van der Waals surface area contributed by atoms with Gasteiger partial charge < -0.3 is 10.1 Å². The summed E-state index contributed by atoms with van der Waals surface area (Å²) in [4.78, 5) is 16.4. The van der Waals surface area contributed by atoms with Gasteiger partial charge in [-0.05, 0) is 49.6 Å². The van der Waals surface area contributed by atoms with Crippen LogP contribution in [0.25, 0.3) is 11.3 Å². The highest BCUT2D eigenvalue weighted by molar-refractivity contribution is 5.77. The van der Waals surface area contributed by atoms with Crippen LogP contribution in [0.4, 0.5) is 0 Å². The average molecular weight is 390 g/mol. The van der Waals surface area contributed by atoms with Crippen LogP contribution >= 0.6 is 0 Å². The number of nitrogens with zero attached hydrogens (tertiary/aromatic N) is 3. The Labute approximate surface area is 170 Å². The standard InChI is InChI=1S/C23H26N4O2/c1-17-6-2-5-9-22(17)29-16-23(28)25-15-19-14-21(18-10-12-24-13-11-18)27(26-19)20-7-3-4-8-20/h2,5-6,9-14,20H,3-4,7-8,15-16H2,1H3,(H,25,28). The molecule has 0 atom stereocenters. The molecule has 4 rings (SSSR count). The fraction of sp³-hybridized carbons (Fsp3) is 0.348. The minimum atomic E-state index is -0.158. The van der Waals surface area contributed by atoms with Crippen molar-refractivity contribution < 1.29 is 9.53 Å². The Balaban J connectivity index is 1.42. The molecule has 0 bridgehead atoms. The Hall–Kier alpha value is -3.15. The Kier molecular flexibility index (Phi) is 5.89. The topological polar surface area (TPSA) is 69.0 Å². The molecule has 1 aliphatic rings. The lowest BCUT2D eigenvalue weighted by atomic mass is 10.1. The molecule has 1 saturated carbocycles. The third-order valence-corrected chi connectivity index (χ3v) is 5.35. The minimum absolute atomic E-state index is 0.00853. The molecule has 0 aliphatic heterocycles. The number of nitrogens with one attached hydrogen (secondary N) is 1. The molecule has 2 heterocycles. The number of pyridine rings is 1. The van der Waals surface area contributed by atoms with Gasteiger partial charge in [0.05, 0.1) is 24.0 Å². The number of aromatic nitrogens is 3. The smallest absolute Gasteiger partial charge is 0.258 e. The van der Waals surface area contributed by atoms with Gasteiger partial charge in [0.2, 0.25) is 0 Å². The van der Waals surface area contributed by atoms with Crippen LogP contribution in [0.3, 0.4) is 0 Å². The highest BCUT2D eigenvalue weighted by Gasteiger charge is 2.22. The van der Waals surface area contributed by atoms with Crippen LogP contribution in [0.15, 0.2) is 54.9 Å². The number of hydrogen-bond donors (Lipinski definition) is 1. The molecule has 0 spiro atoms. The van der Waals surface area contributed by atoms with Crippen molar-refractivity contribution in [1.29, 1.82) is 0 Å². The number of amides is 1. The average Bonchev–Trinajstić information content (AvgIpc) is 3.42. The van der Waals surface area contributed by atoms with Crippen LogP contribution in [0.1, 0.15) is 43.0 Å². The first kappa shape index (κ1) is 19.2. The molecule has 1 aromatic carbocycles. The van der Waals surface area contributed by atoms with Crippen molar-refractivity contribution in [2.24, 2.45) is 0 Å². The lowest BCUT2D eigenvalue weighted by Crippen LogP contribution is -2.28. The second-order valence-corrected chi connectivity index (χ2v) is 7.47. The van der Waals surface area contributed by atoms with Crippen LogP contribution < -0.4 is 10.1 Å². The van der Waals surface area contributed by atoms with E-state index in [1.807, 2.05) is 43.3 Å². The summed E-state index contributed by atoms with van der Waals surface area (Å²) in [5, 5.41) is 7.73. The number of para-hydroxylation sites is 1. The van der Waals surface area contributed by atoms with E-state index in [1.165, 1.54) is 12.8 Å². The second kappa shape index (κ2) is 8.90. The van der Waals surface area contributed by atoms with Crippen LogP contribution in [0.5, 0.6) is 5.75 Å². The summed E-state index contributed by atoms with van der Waals surface area (Å²) < 4.78 is 7.75. The van der Waals surface area contributed by atoms with E-state index in [9.17, 15) is 4.79 Å². The van der Waals surface area contributed by atoms with Crippen molar-refractivity contribution in [1.82, 2.24) is 20.1 Å². The summed E-state index contributed by atoms with van der Waals surface area (Å²) in [5.74, 6) is 0.572. The van der Waals surface area contributed by atoms with Crippen molar-refractivity contribution in [2.45, 2.75) is 45.2 Å². The molecule has 0 unspecified atom stereocenters. The van der Waals surface area contributed by atoms with E-state index < -0.39 is 0 Å². The number of benzene rings is 1. The van der Waals surface area contributed by atoms with E-state index >= 15 is 0 Å². The molecule has 150 valence electrons. The van der Waals surface area contributed by atoms with E-state index in [-0.39, 0.29) is 12.5 Å². The minimum Gasteiger partial charge on any atom is -0.484 e. The summed E-state index contributed by atoms with van der Waals surface area (Å²) in [6.45, 7) is 2.34. The number of rotatable bonds is 7. The Morgan fingerprint density at radius 2 is 1.93 bits per heavy atom. The van der Waals surface area contributed by atoms with Gasteiger partial charge in [0.15, 0.2) is 6.61 Å². The van der Waals surface area contributed by atoms with Crippen LogP contribution in [0.2, 0.25) is 0 Å². The lowest BCUT2D eigenvalue weighted by molar-refractivity contribution is -0.123. The number of carbonyl (C=O) groups excluding carboxylic acids is 1. The maximum absolute atomic E-state index is 12.2. The number of ether oxygens (including phenoxy) is 1. The fourth-order valence-electron chi connectivity index (χ4n) is 3.80. The molecular weight excluding hydrogens is 364 g/mol. The zero-order chi connectivity index (χ0) is 20.1. The fourth-order valence-corrected chi connectivity index (χ4v) is 3.80. The van der Waals surface area contributed by atoms with Gasteiger partial charge in [-0.2, -0.15) is 5.10 Å². The van der Waals surface area contributed by atoms with E-state index in [1.54, 1.807) is 12.4 Å². The summed E-state index contributed by atoms with van der Waals surface area (Å²) in [6.07, 6.45) is 8.37. The third-order valence-electron chi connectivity index (χ3n) is 5.35. The Bertz CT molecular complexity index is 962. The molecule has 29 heavy (non-hydrogen) atoms. The third kappa shape index (κ3) is 4.65. The number of aryl methyl sites for hydroxylation is 1. The normalized spacial score (nSPS) is 14.1. The van der Waals surface area contributed by atoms with E-state index in [2.05, 4.69) is 21.0 Å². The van der Waals surface area contributed by atoms with Crippen molar-refractivity contribution in [3.8, 4) is 17.0 Å². The highest BCUT2D eigenvalue weighted by atomic mass is 16.5. The summed E-state index contributed by atoms with van der Waals surface area (Å²) in [7, 11) is 0. The lowest BCUT2D eigenvalue weighted by Gasteiger charge is -2.14. The van der Waals surface area contributed by atoms with E-state index in [0.717, 1.165) is 41.1 Å². The molecule has 1 aliphatic carbocycles. The maximum Gasteiger partial charge on any atom is 0.258 e. The number of carbonyl (C=O) groups is 1. The Morgan fingerprint density at radius 1 is 1.17 bits per heavy atom. The van der Waals surface area contributed by atoms with Gasteiger partial charge in [-0.1, -0.05) is 31.0 Å². The molecule has 6 heteroatoms. The zero-order valence-electron chi connectivity index (χ0n) is 16.7. The van der Waals surface area contributed by atoms with Gasteiger partial charge >= 0.3 is 0 Å². The molecule has 0 radical (unpaired) electrons. The van der Waals surface area contributed by atoms with Crippen molar-refractivity contribution in [2.75, 3.05) is 6.61 Å². The summed E-state index contributed by atoms with van der Waals surface area (Å²) in [5.41, 5.74) is 4.05. The van der Waals surface area contributed by atoms with Crippen LogP contribution in [-0.4, -0.2) is 27.3 Å². The SMILES string of the molecule is Cc1ccccc1OCC(=O)NCc1cc(-c2ccncc2)n(C2CCCC2)n1. The van der Waals surface area contributed by atoms with E-state index in [0.29, 0.717) is 12.6 Å². The molecule has 2 aromatic heterocycles. The molecule has 1 N–H and O–H groups in total.